The molecule has 1 unspecified atom stereocenters. The van der Waals surface area contributed by atoms with Gasteiger partial charge in [-0.1, -0.05) is 0 Å². The molecule has 0 radical (unpaired) electrons. The van der Waals surface area contributed by atoms with Crippen molar-refractivity contribution in [2.75, 3.05) is 32.5 Å². The molecule has 3 atom stereocenters. The lowest BCUT2D eigenvalue weighted by molar-refractivity contribution is -0.137. The lowest BCUT2D eigenvalue weighted by atomic mass is 9.79. The second-order valence-corrected chi connectivity index (χ2v) is 10.5. The van der Waals surface area contributed by atoms with Gasteiger partial charge in [-0.05, 0) is 80.0 Å². The zero-order valence-corrected chi connectivity index (χ0v) is 21.4. The van der Waals surface area contributed by atoms with Gasteiger partial charge >= 0.3 is 5.97 Å². The van der Waals surface area contributed by atoms with Gasteiger partial charge in [0.05, 0.1) is 25.0 Å². The molecule has 36 heavy (non-hydrogen) atoms. The second kappa shape index (κ2) is 13.0. The quantitative estimate of drug-likeness (QED) is 0.322. The number of aromatic nitrogens is 3. The lowest BCUT2D eigenvalue weighted by Crippen LogP contribution is -2.41. The smallest absolute Gasteiger partial charge is 0.303 e. The van der Waals surface area contributed by atoms with Crippen LogP contribution in [0.1, 0.15) is 43.8 Å². The van der Waals surface area contributed by atoms with Gasteiger partial charge in [-0.3, -0.25) is 9.78 Å². The molecule has 1 aliphatic rings. The van der Waals surface area contributed by atoms with Crippen molar-refractivity contribution < 1.29 is 19.0 Å². The van der Waals surface area contributed by atoms with Crippen LogP contribution in [0.4, 0.5) is 4.39 Å². The fraction of sp³-hybridized carbons (Fsp3) is 0.481. The number of halogens is 1. The average Bonchev–Trinajstić information content (AvgIpc) is 2.91. The summed E-state index contributed by atoms with van der Waals surface area (Å²) in [6.07, 6.45) is 6.91. The highest BCUT2D eigenvalue weighted by Gasteiger charge is 2.30. The summed E-state index contributed by atoms with van der Waals surface area (Å²) in [7, 11) is 1.60. The van der Waals surface area contributed by atoms with Gasteiger partial charge in [-0.25, -0.2) is 4.39 Å². The third-order valence-electron chi connectivity index (χ3n) is 7.05. The number of fused-ring (bicyclic) bond motifs is 1. The first-order chi connectivity index (χ1) is 17.5. The van der Waals surface area contributed by atoms with E-state index in [0.29, 0.717) is 30.1 Å². The summed E-state index contributed by atoms with van der Waals surface area (Å²) in [4.78, 5) is 19.2. The summed E-state index contributed by atoms with van der Waals surface area (Å²) in [6, 6.07) is 9.24. The van der Waals surface area contributed by atoms with Gasteiger partial charge in [-0.2, -0.15) is 10.2 Å². The van der Waals surface area contributed by atoms with E-state index < -0.39 is 12.1 Å². The highest BCUT2D eigenvalue weighted by Crippen LogP contribution is 2.36. The Bertz CT molecular complexity index is 1140. The molecule has 9 heteroatoms. The number of methoxy groups -OCH3 is 1. The number of carboxylic acids is 1. The summed E-state index contributed by atoms with van der Waals surface area (Å²) in [5, 5.41) is 17.8. The molecule has 7 nitrogen and oxygen atoms in total. The highest BCUT2D eigenvalue weighted by molar-refractivity contribution is 7.99. The normalized spacial score (nSPS) is 19.3. The molecule has 0 bridgehead atoms. The summed E-state index contributed by atoms with van der Waals surface area (Å²) in [5.41, 5.74) is 1.39. The van der Waals surface area contributed by atoms with Gasteiger partial charge < -0.3 is 14.7 Å². The Balaban J connectivity index is 1.35. The van der Waals surface area contributed by atoms with Crippen molar-refractivity contribution >= 4 is 28.6 Å². The van der Waals surface area contributed by atoms with Crippen molar-refractivity contribution in [3.05, 3.63) is 54.5 Å². The zero-order valence-electron chi connectivity index (χ0n) is 20.6. The lowest BCUT2D eigenvalue weighted by Gasteiger charge is -2.39. The van der Waals surface area contributed by atoms with Crippen LogP contribution in [0.25, 0.3) is 10.9 Å². The molecule has 4 rings (SSSR count). The fourth-order valence-corrected chi connectivity index (χ4v) is 5.96. The number of benzene rings is 1. The van der Waals surface area contributed by atoms with E-state index in [9.17, 15) is 9.90 Å². The third-order valence-corrected chi connectivity index (χ3v) is 8.01. The molecule has 0 aliphatic carbocycles. The summed E-state index contributed by atoms with van der Waals surface area (Å²) in [5.74, 6) is 1.42. The molecular weight excluding hydrogens is 479 g/mol. The van der Waals surface area contributed by atoms with E-state index in [1.165, 1.54) is 0 Å². The number of hydrogen-bond acceptors (Lipinski definition) is 7. The Morgan fingerprint density at radius 2 is 2.11 bits per heavy atom. The maximum absolute atomic E-state index is 15.5. The van der Waals surface area contributed by atoms with Crippen molar-refractivity contribution in [1.29, 1.82) is 0 Å². The summed E-state index contributed by atoms with van der Waals surface area (Å²) < 4.78 is 20.8. The van der Waals surface area contributed by atoms with E-state index in [-0.39, 0.29) is 12.3 Å². The number of rotatable bonds is 12. The van der Waals surface area contributed by atoms with Gasteiger partial charge in [-0.15, -0.1) is 11.8 Å². The number of thioether (sulfide) groups is 1. The first-order valence-corrected chi connectivity index (χ1v) is 13.4. The topological polar surface area (TPSA) is 88.4 Å². The van der Waals surface area contributed by atoms with Crippen LogP contribution in [0.15, 0.2) is 53.8 Å². The molecule has 1 saturated heterocycles. The van der Waals surface area contributed by atoms with Crippen LogP contribution in [0.2, 0.25) is 0 Å². The van der Waals surface area contributed by atoms with Crippen LogP contribution >= 0.6 is 11.8 Å². The standard InChI is InChI=1S/C27H33FN4O3S/c1-35-21-4-6-26-24(16-21)23(9-11-29-26)25(28)5-2-19-10-13-32(18-20(19)3-7-27(33)34)14-15-36-22-8-12-30-31-17-22/h4,6,8-9,11-12,16-17,19-20,25H,2-3,5,7,10,13-15,18H2,1H3,(H,33,34)/t19-,20+,25?/m1/s1. The molecule has 192 valence electrons. The molecular formula is C27H33FN4O3S. The van der Waals surface area contributed by atoms with Crippen molar-refractivity contribution in [3.63, 3.8) is 0 Å². The number of aliphatic carboxylic acids is 1. The monoisotopic (exact) mass is 512 g/mol. The Kier molecular flexibility index (Phi) is 9.47. The molecule has 0 spiro atoms. The molecule has 3 aromatic rings. The molecule has 0 amide bonds. The summed E-state index contributed by atoms with van der Waals surface area (Å²) >= 11 is 1.75. The van der Waals surface area contributed by atoms with E-state index in [0.717, 1.165) is 54.0 Å². The van der Waals surface area contributed by atoms with Crippen LogP contribution in [-0.2, 0) is 4.79 Å². The number of nitrogens with zero attached hydrogens (tertiary/aromatic N) is 4. The Hall–Kier alpha value is -2.78. The van der Waals surface area contributed by atoms with Gasteiger partial charge in [0.2, 0.25) is 0 Å². The van der Waals surface area contributed by atoms with Crippen molar-refractivity contribution in [1.82, 2.24) is 20.1 Å². The first kappa shape index (κ1) is 26.3. The van der Waals surface area contributed by atoms with Crippen molar-refractivity contribution in [2.24, 2.45) is 11.8 Å². The zero-order chi connectivity index (χ0) is 25.3. The van der Waals surface area contributed by atoms with E-state index in [1.807, 2.05) is 24.3 Å². The number of ether oxygens (including phenoxy) is 1. The predicted molar refractivity (Wildman–Crippen MR) is 139 cm³/mol. The van der Waals surface area contributed by atoms with Gasteiger partial charge in [0.25, 0.3) is 0 Å². The molecule has 1 aromatic carbocycles. The van der Waals surface area contributed by atoms with E-state index in [4.69, 9.17) is 4.74 Å². The van der Waals surface area contributed by atoms with Crippen molar-refractivity contribution in [2.45, 2.75) is 43.2 Å². The average molecular weight is 513 g/mol. The van der Waals surface area contributed by atoms with Gasteiger partial charge in [0.15, 0.2) is 0 Å². The van der Waals surface area contributed by atoms with Crippen LogP contribution in [0.5, 0.6) is 5.75 Å². The molecule has 3 heterocycles. The number of hydrogen-bond donors (Lipinski definition) is 1. The number of carboxylic acid groups (broad SMARTS) is 1. The minimum absolute atomic E-state index is 0.153. The number of carbonyl (C=O) groups is 1. The molecule has 0 saturated carbocycles. The SMILES string of the molecule is COc1ccc2nccc(C(F)CC[C@@H]3CCN(CCSc4ccnnc4)C[C@@H]3CCC(=O)O)c2c1. The number of likely N-dealkylation sites (tertiary alicyclic amines) is 1. The van der Waals surface area contributed by atoms with E-state index in [2.05, 4.69) is 20.1 Å². The third kappa shape index (κ3) is 7.13. The first-order valence-electron chi connectivity index (χ1n) is 12.4. The Morgan fingerprint density at radius 1 is 1.22 bits per heavy atom. The Labute approximate surface area is 215 Å². The molecule has 2 aromatic heterocycles. The fourth-order valence-electron chi connectivity index (χ4n) is 5.09. The van der Waals surface area contributed by atoms with Gasteiger partial charge in [0.1, 0.15) is 11.9 Å². The van der Waals surface area contributed by atoms with E-state index >= 15 is 4.39 Å². The molecule has 1 N–H and O–H groups in total. The maximum atomic E-state index is 15.5. The van der Waals surface area contributed by atoms with Gasteiger partial charge in [0, 0.05) is 41.7 Å². The largest absolute Gasteiger partial charge is 0.497 e. The number of alkyl halides is 1. The number of pyridine rings is 1. The predicted octanol–water partition coefficient (Wildman–Crippen LogP) is 5.42. The number of piperidine rings is 1. The molecule has 1 fully saturated rings. The van der Waals surface area contributed by atoms with E-state index in [1.54, 1.807) is 43.5 Å². The molecule has 1 aliphatic heterocycles. The minimum atomic E-state index is -1.11. The highest BCUT2D eigenvalue weighted by atomic mass is 32.2. The summed E-state index contributed by atoms with van der Waals surface area (Å²) in [6.45, 7) is 2.75. The minimum Gasteiger partial charge on any atom is -0.497 e. The second-order valence-electron chi connectivity index (χ2n) is 9.30. The van der Waals surface area contributed by atoms with Crippen LogP contribution in [-0.4, -0.2) is 63.7 Å². The van der Waals surface area contributed by atoms with Crippen molar-refractivity contribution in [3.8, 4) is 5.75 Å². The maximum Gasteiger partial charge on any atom is 0.303 e. The van der Waals surface area contributed by atoms with Crippen LogP contribution < -0.4 is 4.74 Å². The Morgan fingerprint density at radius 3 is 2.89 bits per heavy atom. The van der Waals surface area contributed by atoms with Crippen LogP contribution in [0, 0.1) is 11.8 Å². The van der Waals surface area contributed by atoms with Crippen LogP contribution in [0.3, 0.4) is 0 Å².